The Hall–Kier alpha value is -6.32. The number of rotatable bonds is 9. The molecule has 1 aliphatic rings. The van der Waals surface area contributed by atoms with E-state index in [-0.39, 0.29) is 0 Å². The summed E-state index contributed by atoms with van der Waals surface area (Å²) in [6.45, 7) is 4.43. The van der Waals surface area contributed by atoms with Crippen LogP contribution in [0.4, 0.5) is 0 Å². The highest BCUT2D eigenvalue weighted by atomic mass is 15.0. The van der Waals surface area contributed by atoms with Crippen LogP contribution in [0.3, 0.4) is 0 Å². The maximum atomic E-state index is 5.07. The zero-order valence-electron chi connectivity index (χ0n) is 27.9. The predicted octanol–water partition coefficient (Wildman–Crippen LogP) is 11.7. The maximum Gasteiger partial charge on any atom is 0.0716 e. The topological polar surface area (TPSA) is 29.6 Å². The van der Waals surface area contributed by atoms with Gasteiger partial charge in [-0.25, -0.2) is 0 Å². The highest BCUT2D eigenvalue weighted by molar-refractivity contribution is 6.12. The van der Waals surface area contributed by atoms with E-state index in [9.17, 15) is 0 Å². The number of aromatic nitrogens is 1. The van der Waals surface area contributed by atoms with Crippen LogP contribution in [0.5, 0.6) is 0 Å². The highest BCUT2D eigenvalue weighted by Crippen LogP contribution is 2.34. The first-order valence-electron chi connectivity index (χ1n) is 17.1. The van der Waals surface area contributed by atoms with E-state index in [2.05, 4.69) is 144 Å². The molecule has 0 saturated carbocycles. The normalized spacial score (nSPS) is 15.0. The Balaban J connectivity index is 1.00. The van der Waals surface area contributed by atoms with E-state index in [4.69, 9.17) is 4.99 Å². The second-order valence-electron chi connectivity index (χ2n) is 12.6. The lowest BCUT2D eigenvalue weighted by molar-refractivity contribution is 0.840. The molecule has 0 fully saturated rings. The van der Waals surface area contributed by atoms with Crippen molar-refractivity contribution in [3.05, 3.63) is 204 Å². The summed E-state index contributed by atoms with van der Waals surface area (Å²) in [5.41, 5.74) is 12.4. The van der Waals surface area contributed by atoms with Gasteiger partial charge in [-0.15, -0.1) is 0 Å². The van der Waals surface area contributed by atoms with E-state index in [1.807, 2.05) is 54.6 Å². The molecule has 0 amide bonds. The van der Waals surface area contributed by atoms with Crippen LogP contribution in [-0.2, 0) is 0 Å². The number of hydrogen-bond donors (Lipinski definition) is 0. The fourth-order valence-electron chi connectivity index (χ4n) is 6.95. The predicted molar refractivity (Wildman–Crippen MR) is 213 cm³/mol. The first kappa shape index (κ1) is 31.0. The Bertz CT molecular complexity index is 2370. The number of benzene rings is 6. The van der Waals surface area contributed by atoms with Crippen LogP contribution < -0.4 is 0 Å². The molecule has 0 aliphatic heterocycles. The van der Waals surface area contributed by atoms with Crippen molar-refractivity contribution in [1.29, 1.82) is 0 Å². The molecule has 3 heteroatoms. The van der Waals surface area contributed by atoms with Gasteiger partial charge in [0.05, 0.1) is 29.0 Å². The summed E-state index contributed by atoms with van der Waals surface area (Å²) in [7, 11) is 0. The largest absolute Gasteiger partial charge is 0.309 e. The molecule has 1 unspecified atom stereocenters. The summed E-state index contributed by atoms with van der Waals surface area (Å²) in [4.78, 5) is 9.40. The standard InChI is InChI=1S/C47H37N3/c1-48-44(37-13-4-2-5-14-37)32-45(38-15-6-3-7-16-38)49-33-34-23-25-35(26-24-34)39-17-12-18-40(31-39)36-27-29-41(30-28-36)50-46-21-10-8-19-42(46)43-20-9-11-22-47(43)50/h2-25,27-32,35H,1,26,33H2/b44-32-,49-45?. The number of hydrogen-bond acceptors (Lipinski definition) is 2. The van der Waals surface area contributed by atoms with E-state index >= 15 is 0 Å². The molecule has 240 valence electrons. The van der Waals surface area contributed by atoms with E-state index in [1.165, 1.54) is 49.8 Å². The fraction of sp³-hybridized carbons (Fsp3) is 0.0638. The maximum absolute atomic E-state index is 5.07. The van der Waals surface area contributed by atoms with Crippen molar-refractivity contribution in [2.75, 3.05) is 6.54 Å². The lowest BCUT2D eigenvalue weighted by Gasteiger charge is -2.17. The monoisotopic (exact) mass is 643 g/mol. The number of fused-ring (bicyclic) bond motifs is 3. The summed E-state index contributed by atoms with van der Waals surface area (Å²) >= 11 is 0. The van der Waals surface area contributed by atoms with E-state index in [0.29, 0.717) is 12.5 Å². The van der Waals surface area contributed by atoms with Gasteiger partial charge in [-0.05, 0) is 71.3 Å². The van der Waals surface area contributed by atoms with Gasteiger partial charge >= 0.3 is 0 Å². The van der Waals surface area contributed by atoms with Crippen molar-refractivity contribution in [3.63, 3.8) is 0 Å². The van der Waals surface area contributed by atoms with Crippen LogP contribution in [0.2, 0.25) is 0 Å². The van der Waals surface area contributed by atoms with Gasteiger partial charge in [0.15, 0.2) is 0 Å². The number of allylic oxidation sites excluding steroid dienone is 3. The molecule has 7 aromatic rings. The van der Waals surface area contributed by atoms with Crippen molar-refractivity contribution in [2.45, 2.75) is 12.3 Å². The molecule has 0 spiro atoms. The lowest BCUT2D eigenvalue weighted by Crippen LogP contribution is -2.03. The van der Waals surface area contributed by atoms with Crippen molar-refractivity contribution >= 4 is 39.9 Å². The number of nitrogens with zero attached hydrogens (tertiary/aromatic N) is 3. The van der Waals surface area contributed by atoms with Crippen molar-refractivity contribution < 1.29 is 0 Å². The van der Waals surface area contributed by atoms with Crippen molar-refractivity contribution in [2.24, 2.45) is 9.98 Å². The smallest absolute Gasteiger partial charge is 0.0716 e. The highest BCUT2D eigenvalue weighted by Gasteiger charge is 2.14. The Morgan fingerprint density at radius 2 is 1.30 bits per heavy atom. The molecular weight excluding hydrogens is 607 g/mol. The molecule has 1 aliphatic carbocycles. The molecule has 6 aromatic carbocycles. The molecule has 8 rings (SSSR count). The van der Waals surface area contributed by atoms with E-state index in [0.717, 1.165) is 29.0 Å². The van der Waals surface area contributed by atoms with Gasteiger partial charge in [-0.2, -0.15) is 0 Å². The van der Waals surface area contributed by atoms with Gasteiger partial charge in [0.2, 0.25) is 0 Å². The second kappa shape index (κ2) is 14.0. The first-order chi connectivity index (χ1) is 24.7. The summed E-state index contributed by atoms with van der Waals surface area (Å²) in [6, 6.07) is 55.7. The summed E-state index contributed by atoms with van der Waals surface area (Å²) < 4.78 is 2.36. The molecule has 50 heavy (non-hydrogen) atoms. The Labute approximate surface area is 293 Å². The van der Waals surface area contributed by atoms with Crippen LogP contribution in [0.1, 0.15) is 29.0 Å². The zero-order valence-corrected chi connectivity index (χ0v) is 27.9. The molecule has 0 radical (unpaired) electrons. The molecule has 0 N–H and O–H groups in total. The Kier molecular flexibility index (Phi) is 8.70. The third-order valence-electron chi connectivity index (χ3n) is 9.55. The lowest BCUT2D eigenvalue weighted by atomic mass is 9.88. The van der Waals surface area contributed by atoms with Crippen molar-refractivity contribution in [1.82, 2.24) is 4.57 Å². The SMILES string of the molecule is C=N/C(=C\C(=NCC1=CCC(c2cccc(-c3ccc(-n4c5ccccc5c5ccccc54)cc3)c2)C=C1)c1ccccc1)c1ccccc1. The number of aliphatic imine (C=N–C) groups is 2. The molecule has 0 saturated heterocycles. The molecule has 1 atom stereocenters. The number of para-hydroxylation sites is 2. The van der Waals surface area contributed by atoms with Gasteiger partial charge in [-0.3, -0.25) is 9.98 Å². The minimum absolute atomic E-state index is 0.322. The Morgan fingerprint density at radius 3 is 1.94 bits per heavy atom. The van der Waals surface area contributed by atoms with E-state index < -0.39 is 0 Å². The van der Waals surface area contributed by atoms with E-state index in [1.54, 1.807) is 0 Å². The van der Waals surface area contributed by atoms with Gasteiger partial charge in [0, 0.05) is 27.9 Å². The van der Waals surface area contributed by atoms with Gasteiger partial charge in [0.25, 0.3) is 0 Å². The first-order valence-corrected chi connectivity index (χ1v) is 17.1. The minimum atomic E-state index is 0.322. The van der Waals surface area contributed by atoms with Gasteiger partial charge < -0.3 is 4.57 Å². The second-order valence-corrected chi connectivity index (χ2v) is 12.6. The quantitative estimate of drug-likeness (QED) is 0.140. The van der Waals surface area contributed by atoms with Crippen LogP contribution in [0.15, 0.2) is 198 Å². The minimum Gasteiger partial charge on any atom is -0.309 e. The molecule has 3 nitrogen and oxygen atoms in total. The third kappa shape index (κ3) is 6.29. The fourth-order valence-corrected chi connectivity index (χ4v) is 6.95. The summed E-state index contributed by atoms with van der Waals surface area (Å²) in [5.74, 6) is 0.322. The molecule has 1 aromatic heterocycles. The van der Waals surface area contributed by atoms with Crippen LogP contribution in [-0.4, -0.2) is 23.5 Å². The van der Waals surface area contributed by atoms with Gasteiger partial charge in [0.1, 0.15) is 0 Å². The summed E-state index contributed by atoms with van der Waals surface area (Å²) in [6.07, 6.45) is 9.87. The average Bonchev–Trinajstić information content (AvgIpc) is 3.53. The Morgan fingerprint density at radius 1 is 0.660 bits per heavy atom. The third-order valence-corrected chi connectivity index (χ3v) is 9.55. The van der Waals surface area contributed by atoms with Crippen molar-refractivity contribution in [3.8, 4) is 16.8 Å². The summed E-state index contributed by atoms with van der Waals surface area (Å²) in [5, 5.41) is 2.56. The zero-order chi connectivity index (χ0) is 33.7. The van der Waals surface area contributed by atoms with Gasteiger partial charge in [-0.1, -0.05) is 152 Å². The van der Waals surface area contributed by atoms with Crippen LogP contribution in [0, 0.1) is 0 Å². The average molecular weight is 644 g/mol. The van der Waals surface area contributed by atoms with Crippen LogP contribution >= 0.6 is 0 Å². The van der Waals surface area contributed by atoms with Crippen LogP contribution in [0.25, 0.3) is 44.3 Å². The molecular formula is C47H37N3. The molecule has 1 heterocycles. The molecule has 0 bridgehead atoms.